The lowest BCUT2D eigenvalue weighted by Gasteiger charge is -2.14. The Balaban J connectivity index is 1.59. The van der Waals surface area contributed by atoms with E-state index in [0.29, 0.717) is 16.7 Å². The standard InChI is InChI=1S/C19H20ClNO2/c1-13(14-7-8-14)21-19(22)12-23-18-10-9-16(11-17(18)20)15-5-3-2-4-6-15/h2-6,9-11,13-14H,7-8,12H2,1H3,(H,21,22). The van der Waals surface area contributed by atoms with Gasteiger partial charge in [-0.2, -0.15) is 0 Å². The summed E-state index contributed by atoms with van der Waals surface area (Å²) in [6, 6.07) is 15.8. The van der Waals surface area contributed by atoms with Crippen LogP contribution in [0.3, 0.4) is 0 Å². The van der Waals surface area contributed by atoms with Crippen LogP contribution in [-0.2, 0) is 4.79 Å². The highest BCUT2D eigenvalue weighted by atomic mass is 35.5. The molecule has 1 fully saturated rings. The van der Waals surface area contributed by atoms with Crippen LogP contribution >= 0.6 is 11.6 Å². The summed E-state index contributed by atoms with van der Waals surface area (Å²) in [7, 11) is 0. The van der Waals surface area contributed by atoms with E-state index < -0.39 is 0 Å². The normalized spacial score (nSPS) is 15.0. The van der Waals surface area contributed by atoms with Crippen LogP contribution in [0.25, 0.3) is 11.1 Å². The zero-order chi connectivity index (χ0) is 16.2. The molecule has 3 nitrogen and oxygen atoms in total. The molecule has 0 spiro atoms. The van der Waals surface area contributed by atoms with Gasteiger partial charge in [0.25, 0.3) is 5.91 Å². The monoisotopic (exact) mass is 329 g/mol. The molecule has 0 bridgehead atoms. The van der Waals surface area contributed by atoms with E-state index in [0.717, 1.165) is 11.1 Å². The quantitative estimate of drug-likeness (QED) is 0.858. The maximum absolute atomic E-state index is 11.9. The smallest absolute Gasteiger partial charge is 0.258 e. The Morgan fingerprint density at radius 2 is 1.96 bits per heavy atom. The topological polar surface area (TPSA) is 38.3 Å². The Morgan fingerprint density at radius 3 is 2.61 bits per heavy atom. The summed E-state index contributed by atoms with van der Waals surface area (Å²) < 4.78 is 5.55. The molecule has 1 saturated carbocycles. The highest BCUT2D eigenvalue weighted by molar-refractivity contribution is 6.32. The van der Waals surface area contributed by atoms with Gasteiger partial charge in [0.15, 0.2) is 6.61 Å². The largest absolute Gasteiger partial charge is 0.482 e. The first kappa shape index (κ1) is 15.9. The lowest BCUT2D eigenvalue weighted by molar-refractivity contribution is -0.123. The molecule has 120 valence electrons. The van der Waals surface area contributed by atoms with Crippen molar-refractivity contribution in [1.82, 2.24) is 5.32 Å². The minimum Gasteiger partial charge on any atom is -0.482 e. The highest BCUT2D eigenvalue weighted by Crippen LogP contribution is 2.32. The predicted octanol–water partition coefficient (Wildman–Crippen LogP) is 4.30. The molecule has 1 N–H and O–H groups in total. The van der Waals surface area contributed by atoms with E-state index in [1.54, 1.807) is 0 Å². The van der Waals surface area contributed by atoms with Crippen molar-refractivity contribution in [2.75, 3.05) is 6.61 Å². The Kier molecular flexibility index (Phi) is 4.87. The van der Waals surface area contributed by atoms with Crippen molar-refractivity contribution < 1.29 is 9.53 Å². The first-order chi connectivity index (χ1) is 11.1. The fourth-order valence-electron chi connectivity index (χ4n) is 2.58. The molecule has 1 aliphatic rings. The Morgan fingerprint density at radius 1 is 1.22 bits per heavy atom. The molecule has 23 heavy (non-hydrogen) atoms. The van der Waals surface area contributed by atoms with E-state index in [-0.39, 0.29) is 18.6 Å². The van der Waals surface area contributed by atoms with Gasteiger partial charge in [0.05, 0.1) is 5.02 Å². The van der Waals surface area contributed by atoms with Crippen molar-refractivity contribution >= 4 is 17.5 Å². The molecule has 2 aromatic rings. The van der Waals surface area contributed by atoms with E-state index in [1.807, 2.05) is 55.5 Å². The second kappa shape index (κ2) is 7.05. The van der Waals surface area contributed by atoms with Crippen molar-refractivity contribution in [3.8, 4) is 16.9 Å². The SMILES string of the molecule is CC(NC(=O)COc1ccc(-c2ccccc2)cc1Cl)C1CC1. The van der Waals surface area contributed by atoms with Crippen molar-refractivity contribution in [2.24, 2.45) is 5.92 Å². The summed E-state index contributed by atoms with van der Waals surface area (Å²) in [6.45, 7) is 2.03. The van der Waals surface area contributed by atoms with Crippen LogP contribution in [0.15, 0.2) is 48.5 Å². The molecule has 1 amide bonds. The summed E-state index contributed by atoms with van der Waals surface area (Å²) in [6.07, 6.45) is 2.41. The molecule has 0 aliphatic heterocycles. The summed E-state index contributed by atoms with van der Waals surface area (Å²) in [5.74, 6) is 1.06. The number of nitrogens with one attached hydrogen (secondary N) is 1. The maximum Gasteiger partial charge on any atom is 0.258 e. The van der Waals surface area contributed by atoms with Gasteiger partial charge >= 0.3 is 0 Å². The molecule has 1 aliphatic carbocycles. The number of ether oxygens (including phenoxy) is 1. The summed E-state index contributed by atoms with van der Waals surface area (Å²) in [5.41, 5.74) is 2.12. The van der Waals surface area contributed by atoms with Gasteiger partial charge in [-0.1, -0.05) is 48.0 Å². The second-order valence-corrected chi connectivity index (χ2v) is 6.40. The van der Waals surface area contributed by atoms with Gasteiger partial charge in [-0.05, 0) is 48.9 Å². The van der Waals surface area contributed by atoms with Gasteiger partial charge in [-0.15, -0.1) is 0 Å². The van der Waals surface area contributed by atoms with E-state index in [2.05, 4.69) is 5.32 Å². The average molecular weight is 330 g/mol. The molecule has 0 heterocycles. The zero-order valence-electron chi connectivity index (χ0n) is 13.1. The summed E-state index contributed by atoms with van der Waals surface area (Å²) in [5, 5.41) is 3.47. The number of hydrogen-bond donors (Lipinski definition) is 1. The van der Waals surface area contributed by atoms with Gasteiger partial charge in [-0.3, -0.25) is 4.79 Å². The van der Waals surface area contributed by atoms with E-state index >= 15 is 0 Å². The first-order valence-corrected chi connectivity index (χ1v) is 8.28. The van der Waals surface area contributed by atoms with Gasteiger partial charge in [0.1, 0.15) is 5.75 Å². The highest BCUT2D eigenvalue weighted by Gasteiger charge is 2.28. The zero-order valence-corrected chi connectivity index (χ0v) is 13.8. The number of benzene rings is 2. The van der Waals surface area contributed by atoms with Gasteiger partial charge in [0.2, 0.25) is 0 Å². The molecule has 4 heteroatoms. The van der Waals surface area contributed by atoms with E-state index in [1.165, 1.54) is 12.8 Å². The molecule has 1 unspecified atom stereocenters. The van der Waals surface area contributed by atoms with Crippen LogP contribution in [0.4, 0.5) is 0 Å². The number of hydrogen-bond acceptors (Lipinski definition) is 2. The minimum absolute atomic E-state index is 0.0124. The molecule has 0 aromatic heterocycles. The van der Waals surface area contributed by atoms with Crippen molar-refractivity contribution in [3.05, 3.63) is 53.6 Å². The summed E-state index contributed by atoms with van der Waals surface area (Å²) >= 11 is 6.27. The number of carbonyl (C=O) groups is 1. The Bertz CT molecular complexity index is 683. The predicted molar refractivity (Wildman–Crippen MR) is 92.7 cm³/mol. The number of halogens is 1. The molecule has 0 radical (unpaired) electrons. The van der Waals surface area contributed by atoms with Crippen molar-refractivity contribution in [3.63, 3.8) is 0 Å². The molecule has 2 aromatic carbocycles. The van der Waals surface area contributed by atoms with Crippen LogP contribution in [0, 0.1) is 5.92 Å². The molecular formula is C19H20ClNO2. The van der Waals surface area contributed by atoms with Crippen LogP contribution in [0.1, 0.15) is 19.8 Å². The lowest BCUT2D eigenvalue weighted by atomic mass is 10.1. The molecule has 1 atom stereocenters. The minimum atomic E-state index is -0.104. The van der Waals surface area contributed by atoms with Crippen LogP contribution in [0.5, 0.6) is 5.75 Å². The summed E-state index contributed by atoms with van der Waals surface area (Å²) in [4.78, 5) is 11.9. The van der Waals surface area contributed by atoms with Crippen LogP contribution < -0.4 is 10.1 Å². The third-order valence-electron chi connectivity index (χ3n) is 4.12. The lowest BCUT2D eigenvalue weighted by Crippen LogP contribution is -2.37. The molecule has 0 saturated heterocycles. The van der Waals surface area contributed by atoms with Gasteiger partial charge in [-0.25, -0.2) is 0 Å². The number of rotatable bonds is 6. The van der Waals surface area contributed by atoms with Gasteiger partial charge in [0, 0.05) is 6.04 Å². The average Bonchev–Trinajstić information content (AvgIpc) is 3.39. The fraction of sp³-hybridized carbons (Fsp3) is 0.316. The molecule has 3 rings (SSSR count). The second-order valence-electron chi connectivity index (χ2n) is 5.99. The van der Waals surface area contributed by atoms with Gasteiger partial charge < -0.3 is 10.1 Å². The Hall–Kier alpha value is -2.00. The van der Waals surface area contributed by atoms with E-state index in [4.69, 9.17) is 16.3 Å². The van der Waals surface area contributed by atoms with Crippen LogP contribution in [0.2, 0.25) is 5.02 Å². The fourth-order valence-corrected chi connectivity index (χ4v) is 2.82. The van der Waals surface area contributed by atoms with Crippen LogP contribution in [-0.4, -0.2) is 18.6 Å². The van der Waals surface area contributed by atoms with E-state index in [9.17, 15) is 4.79 Å². The Labute approximate surface area is 141 Å². The third-order valence-corrected chi connectivity index (χ3v) is 4.41. The maximum atomic E-state index is 11.9. The number of carbonyl (C=O) groups excluding carboxylic acids is 1. The van der Waals surface area contributed by atoms with Crippen molar-refractivity contribution in [1.29, 1.82) is 0 Å². The molecular weight excluding hydrogens is 310 g/mol. The number of amides is 1. The third kappa shape index (κ3) is 4.26. The first-order valence-electron chi connectivity index (χ1n) is 7.90. The van der Waals surface area contributed by atoms with Crippen molar-refractivity contribution in [2.45, 2.75) is 25.8 Å².